The molecule has 0 radical (unpaired) electrons. The van der Waals surface area contributed by atoms with E-state index >= 15 is 0 Å². The van der Waals surface area contributed by atoms with Gasteiger partial charge in [0.1, 0.15) is 0 Å². The zero-order valence-electron chi connectivity index (χ0n) is 9.82. The second-order valence-electron chi connectivity index (χ2n) is 4.68. The summed E-state index contributed by atoms with van der Waals surface area (Å²) in [5.41, 5.74) is -1.90. The van der Waals surface area contributed by atoms with Gasteiger partial charge in [-0.3, -0.25) is 0 Å². The van der Waals surface area contributed by atoms with Crippen molar-refractivity contribution in [3.8, 4) is 0 Å². The van der Waals surface area contributed by atoms with E-state index < -0.39 is 18.3 Å². The Balaban J connectivity index is 2.75. The highest BCUT2D eigenvalue weighted by atomic mass is 35.5. The van der Waals surface area contributed by atoms with E-state index in [1.807, 2.05) is 0 Å². The molecule has 0 fully saturated rings. The summed E-state index contributed by atoms with van der Waals surface area (Å²) in [7, 11) is -1.07. The van der Waals surface area contributed by atoms with Crippen molar-refractivity contribution < 1.29 is 14.8 Å². The normalized spacial score (nSPS) is 12.9. The smallest absolute Gasteiger partial charge is 0.423 e. The van der Waals surface area contributed by atoms with E-state index in [4.69, 9.17) is 16.3 Å². The summed E-state index contributed by atoms with van der Waals surface area (Å²) >= 11 is 7.02. The van der Waals surface area contributed by atoms with Crippen LogP contribution in [0.2, 0.25) is 4.34 Å². The molecule has 0 aromatic carbocycles. The first-order valence-electron chi connectivity index (χ1n) is 4.97. The fraction of sp³-hybridized carbons (Fsp3) is 0.600. The molecule has 0 atom stereocenters. The number of aliphatic hydroxyl groups is 1. The summed E-state index contributed by atoms with van der Waals surface area (Å²) in [5, 5.41) is 19.7. The second kappa shape index (κ2) is 4.66. The molecule has 1 rings (SSSR count). The molecule has 0 aliphatic heterocycles. The van der Waals surface area contributed by atoms with Crippen LogP contribution in [0.25, 0.3) is 0 Å². The first-order chi connectivity index (χ1) is 7.13. The molecule has 1 aromatic rings. The standard InChI is InChI=1S/C10H16BClO3S/c1-9(2,13)10(3,4)15-11(14)7-5-6-8(12)16-7/h5-6,13-14H,1-4H3. The minimum absolute atomic E-state index is 0.596. The van der Waals surface area contributed by atoms with E-state index in [0.717, 1.165) is 0 Å². The monoisotopic (exact) mass is 262 g/mol. The van der Waals surface area contributed by atoms with Crippen LogP contribution in [-0.2, 0) is 4.65 Å². The summed E-state index contributed by atoms with van der Waals surface area (Å²) in [5.74, 6) is 0. The van der Waals surface area contributed by atoms with E-state index in [1.54, 1.807) is 39.8 Å². The van der Waals surface area contributed by atoms with E-state index in [2.05, 4.69) is 0 Å². The van der Waals surface area contributed by atoms with Gasteiger partial charge in [-0.2, -0.15) is 0 Å². The number of hydrogen-bond donors (Lipinski definition) is 2. The molecule has 0 saturated carbocycles. The van der Waals surface area contributed by atoms with Crippen molar-refractivity contribution in [1.82, 2.24) is 0 Å². The number of thiophene rings is 1. The van der Waals surface area contributed by atoms with Gasteiger partial charge in [-0.05, 0) is 33.8 Å². The Bertz CT molecular complexity index is 359. The Hall–Kier alpha value is -0.0651. The summed E-state index contributed by atoms with van der Waals surface area (Å²) in [6.45, 7) is 6.74. The van der Waals surface area contributed by atoms with Crippen LogP contribution in [0.15, 0.2) is 12.1 Å². The summed E-state index contributed by atoms with van der Waals surface area (Å²) < 4.78 is 6.68. The average molecular weight is 263 g/mol. The Morgan fingerprint density at radius 3 is 2.25 bits per heavy atom. The van der Waals surface area contributed by atoms with Gasteiger partial charge in [0.15, 0.2) is 0 Å². The van der Waals surface area contributed by atoms with Gasteiger partial charge in [-0.15, -0.1) is 11.3 Å². The zero-order chi connectivity index (χ0) is 12.6. The highest BCUT2D eigenvalue weighted by molar-refractivity contribution is 7.25. The van der Waals surface area contributed by atoms with Crippen LogP contribution in [0.5, 0.6) is 0 Å². The first-order valence-corrected chi connectivity index (χ1v) is 6.16. The lowest BCUT2D eigenvalue weighted by Crippen LogP contribution is -2.52. The van der Waals surface area contributed by atoms with Crippen molar-refractivity contribution in [2.75, 3.05) is 0 Å². The van der Waals surface area contributed by atoms with Gasteiger partial charge in [-0.25, -0.2) is 0 Å². The van der Waals surface area contributed by atoms with Gasteiger partial charge in [0.25, 0.3) is 0 Å². The van der Waals surface area contributed by atoms with Crippen LogP contribution in [0.4, 0.5) is 0 Å². The third kappa shape index (κ3) is 3.21. The Labute approximate surface area is 105 Å². The van der Waals surface area contributed by atoms with Gasteiger partial charge in [0.05, 0.1) is 15.5 Å². The molecule has 2 N–H and O–H groups in total. The molecule has 16 heavy (non-hydrogen) atoms. The van der Waals surface area contributed by atoms with Crippen molar-refractivity contribution in [2.45, 2.75) is 38.9 Å². The maximum Gasteiger partial charge on any atom is 0.502 e. The first kappa shape index (κ1) is 14.0. The Kier molecular flexibility index (Phi) is 4.08. The van der Waals surface area contributed by atoms with E-state index in [-0.39, 0.29) is 0 Å². The van der Waals surface area contributed by atoms with Crippen LogP contribution >= 0.6 is 22.9 Å². The molecule has 0 unspecified atom stereocenters. The molecule has 6 heteroatoms. The molecule has 0 saturated heterocycles. The van der Waals surface area contributed by atoms with Gasteiger partial charge >= 0.3 is 7.12 Å². The quantitative estimate of drug-likeness (QED) is 0.812. The fourth-order valence-electron chi connectivity index (χ4n) is 0.942. The predicted molar refractivity (Wildman–Crippen MR) is 68.4 cm³/mol. The third-order valence-electron chi connectivity index (χ3n) is 2.72. The maximum absolute atomic E-state index is 9.89. The summed E-state index contributed by atoms with van der Waals surface area (Å²) in [4.78, 5) is 0. The zero-order valence-corrected chi connectivity index (χ0v) is 11.4. The van der Waals surface area contributed by atoms with Crippen LogP contribution in [-0.4, -0.2) is 28.5 Å². The number of hydrogen-bond acceptors (Lipinski definition) is 4. The fourth-order valence-corrected chi connectivity index (χ4v) is 1.92. The molecule has 0 amide bonds. The van der Waals surface area contributed by atoms with E-state index in [9.17, 15) is 10.1 Å². The molecular formula is C10H16BClO3S. The molecule has 3 nitrogen and oxygen atoms in total. The largest absolute Gasteiger partial charge is 0.502 e. The molecule has 0 aliphatic rings. The SMILES string of the molecule is CC(C)(O)C(C)(C)OB(O)c1ccc(Cl)s1. The second-order valence-corrected chi connectivity index (χ2v) is 6.43. The Morgan fingerprint density at radius 1 is 1.31 bits per heavy atom. The highest BCUT2D eigenvalue weighted by Gasteiger charge is 2.39. The van der Waals surface area contributed by atoms with Crippen LogP contribution in [0.3, 0.4) is 0 Å². The van der Waals surface area contributed by atoms with Crippen molar-refractivity contribution in [3.05, 3.63) is 16.5 Å². The number of halogens is 1. The van der Waals surface area contributed by atoms with Crippen molar-refractivity contribution >= 4 is 34.8 Å². The van der Waals surface area contributed by atoms with Gasteiger partial charge < -0.3 is 14.8 Å². The molecule has 90 valence electrons. The van der Waals surface area contributed by atoms with Crippen LogP contribution in [0.1, 0.15) is 27.7 Å². The topological polar surface area (TPSA) is 49.7 Å². The molecule has 1 heterocycles. The van der Waals surface area contributed by atoms with Crippen molar-refractivity contribution in [2.24, 2.45) is 0 Å². The average Bonchev–Trinajstić information content (AvgIpc) is 2.48. The van der Waals surface area contributed by atoms with Crippen LogP contribution < -0.4 is 4.78 Å². The number of rotatable bonds is 4. The molecular weight excluding hydrogens is 246 g/mol. The summed E-state index contributed by atoms with van der Waals surface area (Å²) in [6.07, 6.45) is 0. The third-order valence-corrected chi connectivity index (χ3v) is 3.98. The van der Waals surface area contributed by atoms with Crippen molar-refractivity contribution in [3.63, 3.8) is 0 Å². The minimum Gasteiger partial charge on any atom is -0.423 e. The predicted octanol–water partition coefficient (Wildman–Crippen LogP) is 1.66. The summed E-state index contributed by atoms with van der Waals surface area (Å²) in [6, 6.07) is 3.41. The molecule has 0 spiro atoms. The highest BCUT2D eigenvalue weighted by Crippen LogP contribution is 2.26. The van der Waals surface area contributed by atoms with Gasteiger partial charge in [-0.1, -0.05) is 17.7 Å². The van der Waals surface area contributed by atoms with Gasteiger partial charge in [0, 0.05) is 4.78 Å². The molecule has 0 aliphatic carbocycles. The lowest BCUT2D eigenvalue weighted by molar-refractivity contribution is -0.0981. The van der Waals surface area contributed by atoms with E-state index in [0.29, 0.717) is 9.11 Å². The molecule has 0 bridgehead atoms. The lowest BCUT2D eigenvalue weighted by atomic mass is 9.82. The lowest BCUT2D eigenvalue weighted by Gasteiger charge is -2.38. The minimum atomic E-state index is -1.07. The van der Waals surface area contributed by atoms with E-state index in [1.165, 1.54) is 11.3 Å². The van der Waals surface area contributed by atoms with Crippen LogP contribution in [0, 0.1) is 0 Å². The van der Waals surface area contributed by atoms with Gasteiger partial charge in [0.2, 0.25) is 0 Å². The Morgan fingerprint density at radius 2 is 1.88 bits per heavy atom. The molecule has 1 aromatic heterocycles. The van der Waals surface area contributed by atoms with Crippen molar-refractivity contribution in [1.29, 1.82) is 0 Å². The maximum atomic E-state index is 9.89.